The Hall–Kier alpha value is -3.54. The van der Waals surface area contributed by atoms with Gasteiger partial charge in [-0.25, -0.2) is 4.39 Å². The first kappa shape index (κ1) is 37.7. The predicted molar refractivity (Wildman–Crippen MR) is 198 cm³/mol. The van der Waals surface area contributed by atoms with Crippen molar-refractivity contribution >= 4 is 46.5 Å². The molecule has 50 heavy (non-hydrogen) atoms. The first-order valence-electron chi connectivity index (χ1n) is 17.4. The van der Waals surface area contributed by atoms with Crippen LogP contribution < -0.4 is 22.1 Å². The quantitative estimate of drug-likeness (QED) is 0.199. The van der Waals surface area contributed by atoms with E-state index < -0.39 is 29.7 Å². The molecule has 2 amide bonds. The molecular formula is C39H47ClFN5O3S. The summed E-state index contributed by atoms with van der Waals surface area (Å²) in [5.41, 5.74) is 16.0. The molecular weight excluding hydrogens is 673 g/mol. The summed E-state index contributed by atoms with van der Waals surface area (Å²) in [6.45, 7) is 1.15. The van der Waals surface area contributed by atoms with Gasteiger partial charge in [-0.1, -0.05) is 78.3 Å². The van der Waals surface area contributed by atoms with Gasteiger partial charge in [0.25, 0.3) is 0 Å². The molecule has 1 heterocycles. The van der Waals surface area contributed by atoms with Crippen LogP contribution in [0.15, 0.2) is 76.5 Å². The van der Waals surface area contributed by atoms with Crippen molar-refractivity contribution in [3.8, 4) is 0 Å². The number of fused-ring (bicyclic) bond motifs is 3. The highest BCUT2D eigenvalue weighted by Crippen LogP contribution is 2.39. The third-order valence-electron chi connectivity index (χ3n) is 9.67. The molecule has 266 valence electrons. The molecule has 0 spiro atoms. The maximum absolute atomic E-state index is 15.6. The molecule has 0 unspecified atom stereocenters. The summed E-state index contributed by atoms with van der Waals surface area (Å²) in [6, 6.07) is 17.1. The number of likely N-dealkylation sites (N-methyl/N-ethyl adjacent to an activating group) is 1. The van der Waals surface area contributed by atoms with Crippen LogP contribution in [-0.4, -0.2) is 54.7 Å². The molecule has 11 heteroatoms. The van der Waals surface area contributed by atoms with Gasteiger partial charge in [0.15, 0.2) is 5.78 Å². The van der Waals surface area contributed by atoms with Crippen molar-refractivity contribution < 1.29 is 18.8 Å². The average Bonchev–Trinajstić information content (AvgIpc) is 3.53. The number of nitrogens with one attached hydrogen (secondary N) is 2. The number of carbonyl (C=O) groups is 3. The number of hydrogen-bond acceptors (Lipinski definition) is 7. The number of nitrogens with two attached hydrogens (primary N) is 2. The van der Waals surface area contributed by atoms with E-state index in [9.17, 15) is 14.4 Å². The van der Waals surface area contributed by atoms with Gasteiger partial charge < -0.3 is 27.0 Å². The highest BCUT2D eigenvalue weighted by molar-refractivity contribution is 7.99. The van der Waals surface area contributed by atoms with Gasteiger partial charge >= 0.3 is 0 Å². The first-order valence-corrected chi connectivity index (χ1v) is 18.6. The lowest BCUT2D eigenvalue weighted by Gasteiger charge is -2.32. The Morgan fingerprint density at radius 3 is 2.44 bits per heavy atom. The fourth-order valence-electron chi connectivity index (χ4n) is 6.77. The van der Waals surface area contributed by atoms with Crippen LogP contribution in [0.1, 0.15) is 67.2 Å². The summed E-state index contributed by atoms with van der Waals surface area (Å²) < 4.78 is 15.6. The smallest absolute Gasteiger partial charge is 0.243 e. The van der Waals surface area contributed by atoms with Gasteiger partial charge in [0.05, 0.1) is 11.1 Å². The molecule has 3 aromatic carbocycles. The van der Waals surface area contributed by atoms with E-state index >= 15 is 4.39 Å². The second kappa shape index (κ2) is 18.1. The number of halogens is 2. The Balaban J connectivity index is 1.56. The standard InChI is InChI=1S/C39H47ClFN5O3S/c1-46-34(21-26-16-15-25-9-2-4-12-29(25)26)38(48)45-24-30-32(41)18-17-31(40)37(30)50-36-14-5-3-11-28(36)23-44-33(13-8-20-43)35(47)22-27(39(46)49)10-6-7-19-42/h2-5,9,11-12,14,16-18,27,33-34,44H,6-8,10,13,15,19-24,42-43H2,1H3,(H,45,48)/t27-,33+,34+/m1/s1. The van der Waals surface area contributed by atoms with Crippen LogP contribution >= 0.6 is 23.4 Å². The van der Waals surface area contributed by atoms with Gasteiger partial charge in [0.2, 0.25) is 11.8 Å². The topological polar surface area (TPSA) is 131 Å². The van der Waals surface area contributed by atoms with Gasteiger partial charge in [-0.3, -0.25) is 14.4 Å². The Morgan fingerprint density at radius 1 is 0.920 bits per heavy atom. The largest absolute Gasteiger partial charge is 0.350 e. The van der Waals surface area contributed by atoms with E-state index in [-0.39, 0.29) is 36.6 Å². The van der Waals surface area contributed by atoms with Gasteiger partial charge in [-0.2, -0.15) is 0 Å². The van der Waals surface area contributed by atoms with E-state index in [4.69, 9.17) is 23.1 Å². The number of rotatable bonds is 9. The number of unbranched alkanes of at least 4 members (excludes halogenated alkanes) is 1. The fraction of sp³-hybridized carbons (Fsp3) is 0.410. The van der Waals surface area contributed by atoms with E-state index in [1.54, 1.807) is 7.05 Å². The second-order valence-electron chi connectivity index (χ2n) is 13.0. The average molecular weight is 720 g/mol. The summed E-state index contributed by atoms with van der Waals surface area (Å²) in [7, 11) is 1.63. The van der Waals surface area contributed by atoms with Gasteiger partial charge in [0, 0.05) is 54.3 Å². The molecule has 5 rings (SSSR count). The number of ketones is 1. The molecule has 1 aliphatic heterocycles. The van der Waals surface area contributed by atoms with Crippen LogP contribution in [0.2, 0.25) is 5.02 Å². The molecule has 0 fully saturated rings. The van der Waals surface area contributed by atoms with Crippen LogP contribution in [-0.2, 0) is 33.9 Å². The number of allylic oxidation sites excluding steroid dienone is 1. The van der Waals surface area contributed by atoms with Crippen LogP contribution in [0, 0.1) is 11.7 Å². The zero-order valence-corrected chi connectivity index (χ0v) is 30.1. The maximum atomic E-state index is 15.6. The Labute approximate surface area is 303 Å². The summed E-state index contributed by atoms with van der Waals surface area (Å²) in [5, 5.41) is 6.75. The highest BCUT2D eigenvalue weighted by Gasteiger charge is 2.35. The lowest BCUT2D eigenvalue weighted by molar-refractivity contribution is -0.143. The van der Waals surface area contributed by atoms with Gasteiger partial charge in [-0.05, 0) is 85.7 Å². The zero-order valence-electron chi connectivity index (χ0n) is 28.6. The molecule has 2 aliphatic rings. The van der Waals surface area contributed by atoms with Crippen LogP contribution in [0.3, 0.4) is 0 Å². The highest BCUT2D eigenvalue weighted by atomic mass is 35.5. The van der Waals surface area contributed by atoms with Gasteiger partial charge in [-0.15, -0.1) is 0 Å². The van der Waals surface area contributed by atoms with Crippen molar-refractivity contribution in [1.82, 2.24) is 15.5 Å². The van der Waals surface area contributed by atoms with Crippen molar-refractivity contribution in [3.05, 3.63) is 99.8 Å². The predicted octanol–water partition coefficient (Wildman–Crippen LogP) is 6.02. The summed E-state index contributed by atoms with van der Waals surface area (Å²) in [4.78, 5) is 45.5. The summed E-state index contributed by atoms with van der Waals surface area (Å²) in [5.74, 6) is -1.90. The van der Waals surface area contributed by atoms with Crippen LogP contribution in [0.4, 0.5) is 4.39 Å². The molecule has 1 aliphatic carbocycles. The molecule has 0 bridgehead atoms. The van der Waals surface area contributed by atoms with Crippen molar-refractivity contribution in [3.63, 3.8) is 0 Å². The normalized spacial score (nSPS) is 20.4. The number of Topliss-reactive ketones (excluding diaryl/α,β-unsaturated/α-hetero) is 1. The lowest BCUT2D eigenvalue weighted by atomic mass is 9.90. The maximum Gasteiger partial charge on any atom is 0.243 e. The first-order chi connectivity index (χ1) is 24.2. The Bertz CT molecular complexity index is 1720. The summed E-state index contributed by atoms with van der Waals surface area (Å²) in [6.07, 6.45) is 6.12. The molecule has 3 atom stereocenters. The number of hydrogen-bond donors (Lipinski definition) is 4. The van der Waals surface area contributed by atoms with Crippen LogP contribution in [0.25, 0.3) is 5.57 Å². The SMILES string of the molecule is CN1C(=O)[C@H](CCCCN)CC(=O)[C@H](CCCN)NCc2ccccc2Sc2c(Cl)ccc(F)c2CNC(=O)[C@@H]1CC1=CCc2ccccc21. The van der Waals surface area contributed by atoms with E-state index in [0.29, 0.717) is 61.7 Å². The van der Waals surface area contributed by atoms with Crippen molar-refractivity contribution in [1.29, 1.82) is 0 Å². The molecule has 8 nitrogen and oxygen atoms in total. The third kappa shape index (κ3) is 9.22. The Kier molecular flexibility index (Phi) is 13.7. The number of amides is 2. The fourth-order valence-corrected chi connectivity index (χ4v) is 8.16. The molecule has 0 saturated carbocycles. The number of nitrogens with zero attached hydrogens (tertiary/aromatic N) is 1. The monoisotopic (exact) mass is 719 g/mol. The van der Waals surface area contributed by atoms with E-state index in [2.05, 4.69) is 22.8 Å². The van der Waals surface area contributed by atoms with Gasteiger partial charge in [0.1, 0.15) is 11.9 Å². The molecule has 6 N–H and O–H groups in total. The van der Waals surface area contributed by atoms with Crippen molar-refractivity contribution in [2.24, 2.45) is 17.4 Å². The van der Waals surface area contributed by atoms with Crippen molar-refractivity contribution in [2.45, 2.75) is 86.3 Å². The Morgan fingerprint density at radius 2 is 1.66 bits per heavy atom. The van der Waals surface area contributed by atoms with E-state index in [1.807, 2.05) is 42.5 Å². The molecule has 0 aromatic heterocycles. The number of benzene rings is 3. The third-order valence-corrected chi connectivity index (χ3v) is 11.4. The number of carbonyl (C=O) groups excluding carboxylic acids is 3. The minimum Gasteiger partial charge on any atom is -0.350 e. The zero-order chi connectivity index (χ0) is 35.6. The lowest BCUT2D eigenvalue weighted by Crippen LogP contribution is -2.50. The summed E-state index contributed by atoms with van der Waals surface area (Å²) >= 11 is 8.02. The minimum atomic E-state index is -0.909. The minimum absolute atomic E-state index is 0.0263. The van der Waals surface area contributed by atoms with E-state index in [1.165, 1.54) is 28.8 Å². The molecule has 3 aromatic rings. The second-order valence-corrected chi connectivity index (χ2v) is 14.5. The molecule has 0 radical (unpaired) electrons. The van der Waals surface area contributed by atoms with Crippen molar-refractivity contribution in [2.75, 3.05) is 20.1 Å². The van der Waals surface area contributed by atoms with Crippen LogP contribution in [0.5, 0.6) is 0 Å². The molecule has 0 saturated heterocycles. The van der Waals surface area contributed by atoms with E-state index in [0.717, 1.165) is 33.6 Å².